The number of rotatable bonds is 8. The van der Waals surface area contributed by atoms with Crippen molar-refractivity contribution in [3.63, 3.8) is 0 Å². The summed E-state index contributed by atoms with van der Waals surface area (Å²) in [7, 11) is 1.77. The Morgan fingerprint density at radius 3 is 2.05 bits per heavy atom. The molecule has 0 aromatic heterocycles. The number of hydrogen-bond acceptors (Lipinski definition) is 2. The molecule has 0 aliphatic carbocycles. The Hall–Kier alpha value is -1.09. The minimum Gasteiger partial charge on any atom is -0.467 e. The molecule has 0 saturated carbocycles. The number of nitrogens with one attached hydrogen (secondary N) is 1. The fourth-order valence-electron chi connectivity index (χ4n) is 1.67. The lowest BCUT2D eigenvalue weighted by atomic mass is 10.1. The van der Waals surface area contributed by atoms with Crippen LogP contribution in [0.1, 0.15) is 53.4 Å². The van der Waals surface area contributed by atoms with Crippen molar-refractivity contribution in [2.75, 3.05) is 13.7 Å². The molecule has 1 N–H and O–H groups in total. The van der Waals surface area contributed by atoms with Gasteiger partial charge in [-0.05, 0) is 71.7 Å². The molecule has 2 nitrogen and oxygen atoms in total. The van der Waals surface area contributed by atoms with E-state index in [9.17, 15) is 0 Å². The first kappa shape index (κ1) is 18.9. The van der Waals surface area contributed by atoms with E-state index in [4.69, 9.17) is 17.0 Å². The molecule has 20 heavy (non-hydrogen) atoms. The van der Waals surface area contributed by atoms with Crippen molar-refractivity contribution in [1.29, 1.82) is 0 Å². The van der Waals surface area contributed by atoms with Crippen LogP contribution < -0.4 is 5.32 Å². The average Bonchev–Trinajstić information content (AvgIpc) is 2.38. The number of ether oxygens (including phenoxy) is 1. The maximum Gasteiger partial charge on any atom is 0.256 e. The molecule has 0 aliphatic rings. The highest BCUT2D eigenvalue weighted by Gasteiger charge is 1.93. The van der Waals surface area contributed by atoms with Crippen molar-refractivity contribution >= 4 is 17.4 Å². The molecule has 0 aromatic rings. The highest BCUT2D eigenvalue weighted by Crippen LogP contribution is 2.11. The van der Waals surface area contributed by atoms with E-state index in [1.807, 2.05) is 0 Å². The SMILES string of the molecule is CNC(=S)OC/C=C(\C)CC/C=C(\C)CCC=C(C)C. The van der Waals surface area contributed by atoms with Crippen LogP contribution in [0.5, 0.6) is 0 Å². The summed E-state index contributed by atoms with van der Waals surface area (Å²) in [5.74, 6) is 0. The smallest absolute Gasteiger partial charge is 0.256 e. The lowest BCUT2D eigenvalue weighted by molar-refractivity contribution is 0.345. The van der Waals surface area contributed by atoms with Gasteiger partial charge in [0, 0.05) is 7.05 Å². The fourth-order valence-corrected chi connectivity index (χ4v) is 1.74. The van der Waals surface area contributed by atoms with Crippen LogP contribution in [0.2, 0.25) is 0 Å². The Morgan fingerprint density at radius 1 is 0.950 bits per heavy atom. The van der Waals surface area contributed by atoms with Crippen LogP contribution in [0.4, 0.5) is 0 Å². The summed E-state index contributed by atoms with van der Waals surface area (Å²) in [6.45, 7) is 9.20. The summed E-state index contributed by atoms with van der Waals surface area (Å²) in [6.07, 6.45) is 11.2. The molecule has 3 heteroatoms. The average molecular weight is 295 g/mol. The molecule has 0 radical (unpaired) electrons. The zero-order chi connectivity index (χ0) is 15.4. The van der Waals surface area contributed by atoms with Gasteiger partial charge in [-0.3, -0.25) is 0 Å². The van der Waals surface area contributed by atoms with E-state index in [0.717, 1.165) is 25.7 Å². The maximum absolute atomic E-state index is 5.29. The van der Waals surface area contributed by atoms with Crippen LogP contribution in [0.25, 0.3) is 0 Å². The van der Waals surface area contributed by atoms with Crippen molar-refractivity contribution in [2.45, 2.75) is 53.4 Å². The first-order chi connectivity index (χ1) is 9.45. The Labute approximate surface area is 130 Å². The maximum atomic E-state index is 5.29. The summed E-state index contributed by atoms with van der Waals surface area (Å²) in [5, 5.41) is 3.24. The molecule has 0 rings (SSSR count). The Morgan fingerprint density at radius 2 is 1.50 bits per heavy atom. The number of allylic oxidation sites excluding steroid dienone is 5. The molecule has 0 unspecified atom stereocenters. The second-order valence-electron chi connectivity index (χ2n) is 5.31. The van der Waals surface area contributed by atoms with E-state index in [-0.39, 0.29) is 0 Å². The molecular formula is C17H29NOS. The van der Waals surface area contributed by atoms with Crippen molar-refractivity contribution in [1.82, 2.24) is 5.32 Å². The highest BCUT2D eigenvalue weighted by molar-refractivity contribution is 7.80. The van der Waals surface area contributed by atoms with Gasteiger partial charge in [0.2, 0.25) is 0 Å². The first-order valence-corrected chi connectivity index (χ1v) is 7.65. The number of thiocarbonyl (C=S) groups is 1. The molecule has 0 aromatic carbocycles. The lowest BCUT2D eigenvalue weighted by Crippen LogP contribution is -2.18. The summed E-state index contributed by atoms with van der Waals surface area (Å²) in [6, 6.07) is 0. The lowest BCUT2D eigenvalue weighted by Gasteiger charge is -2.04. The van der Waals surface area contributed by atoms with Crippen molar-refractivity contribution in [2.24, 2.45) is 0 Å². The number of hydrogen-bond donors (Lipinski definition) is 1. The van der Waals surface area contributed by atoms with E-state index >= 15 is 0 Å². The van der Waals surface area contributed by atoms with Gasteiger partial charge < -0.3 is 10.1 Å². The van der Waals surface area contributed by atoms with Gasteiger partial charge in [-0.15, -0.1) is 0 Å². The van der Waals surface area contributed by atoms with Crippen molar-refractivity contribution in [3.05, 3.63) is 34.9 Å². The Bertz CT molecular complexity index is 376. The summed E-state index contributed by atoms with van der Waals surface area (Å²) in [5.41, 5.74) is 4.22. The Balaban J connectivity index is 3.88. The third kappa shape index (κ3) is 12.0. The molecule has 0 amide bonds. The fraction of sp³-hybridized carbons (Fsp3) is 0.588. The van der Waals surface area contributed by atoms with Crippen LogP contribution in [-0.4, -0.2) is 18.8 Å². The second-order valence-corrected chi connectivity index (χ2v) is 5.68. The first-order valence-electron chi connectivity index (χ1n) is 7.24. The normalized spacial score (nSPS) is 12.1. The summed E-state index contributed by atoms with van der Waals surface area (Å²) < 4.78 is 5.29. The van der Waals surface area contributed by atoms with Crippen LogP contribution in [0, 0.1) is 0 Å². The van der Waals surface area contributed by atoms with Gasteiger partial charge in [0.25, 0.3) is 5.17 Å². The monoisotopic (exact) mass is 295 g/mol. The zero-order valence-corrected chi connectivity index (χ0v) is 14.4. The topological polar surface area (TPSA) is 21.3 Å². The van der Waals surface area contributed by atoms with Crippen LogP contribution in [-0.2, 0) is 4.74 Å². The van der Waals surface area contributed by atoms with Gasteiger partial charge in [-0.2, -0.15) is 0 Å². The van der Waals surface area contributed by atoms with Crippen LogP contribution in [0.3, 0.4) is 0 Å². The third-order valence-electron chi connectivity index (χ3n) is 2.97. The van der Waals surface area contributed by atoms with Gasteiger partial charge in [-0.1, -0.05) is 28.9 Å². The molecule has 0 saturated heterocycles. The van der Waals surface area contributed by atoms with Gasteiger partial charge in [0.15, 0.2) is 0 Å². The molecule has 0 aliphatic heterocycles. The molecule has 114 valence electrons. The highest BCUT2D eigenvalue weighted by atomic mass is 32.1. The van der Waals surface area contributed by atoms with Crippen LogP contribution in [0.15, 0.2) is 34.9 Å². The van der Waals surface area contributed by atoms with Gasteiger partial charge in [0.1, 0.15) is 6.61 Å². The predicted octanol–water partition coefficient (Wildman–Crippen LogP) is 4.93. The Kier molecular flexibility index (Phi) is 11.1. The van der Waals surface area contributed by atoms with E-state index < -0.39 is 0 Å². The molecule has 0 spiro atoms. The largest absolute Gasteiger partial charge is 0.467 e. The van der Waals surface area contributed by atoms with E-state index in [1.54, 1.807) is 7.05 Å². The zero-order valence-electron chi connectivity index (χ0n) is 13.6. The summed E-state index contributed by atoms with van der Waals surface area (Å²) in [4.78, 5) is 0. The van der Waals surface area contributed by atoms with Crippen molar-refractivity contribution < 1.29 is 4.74 Å². The molecular weight excluding hydrogens is 266 g/mol. The second kappa shape index (κ2) is 11.7. The summed E-state index contributed by atoms with van der Waals surface area (Å²) >= 11 is 4.91. The van der Waals surface area contributed by atoms with Gasteiger partial charge >= 0.3 is 0 Å². The van der Waals surface area contributed by atoms with E-state index in [2.05, 4.69) is 51.2 Å². The van der Waals surface area contributed by atoms with Gasteiger partial charge in [0.05, 0.1) is 0 Å². The quantitative estimate of drug-likeness (QED) is 0.507. The van der Waals surface area contributed by atoms with E-state index in [0.29, 0.717) is 11.8 Å². The molecule has 0 bridgehead atoms. The standard InChI is InChI=1S/C17H29NOS/c1-14(2)8-6-9-15(3)10-7-11-16(4)12-13-19-17(20)18-5/h8,10,12H,6-7,9,11,13H2,1-5H3,(H,18,20)/b15-10+,16-12+. The third-order valence-corrected chi connectivity index (χ3v) is 3.30. The predicted molar refractivity (Wildman–Crippen MR) is 93.0 cm³/mol. The molecule has 0 fully saturated rings. The van der Waals surface area contributed by atoms with E-state index in [1.165, 1.54) is 16.7 Å². The minimum atomic E-state index is 0.448. The molecule has 0 heterocycles. The van der Waals surface area contributed by atoms with Crippen molar-refractivity contribution in [3.8, 4) is 0 Å². The minimum absolute atomic E-state index is 0.448. The van der Waals surface area contributed by atoms with Gasteiger partial charge in [-0.25, -0.2) is 0 Å². The van der Waals surface area contributed by atoms with Crippen LogP contribution >= 0.6 is 12.2 Å². The molecule has 0 atom stereocenters.